The van der Waals surface area contributed by atoms with Gasteiger partial charge >= 0.3 is 0 Å². The average Bonchev–Trinajstić information content (AvgIpc) is 2.97. The molecule has 0 aromatic heterocycles. The zero-order valence-electron chi connectivity index (χ0n) is 22.2. The van der Waals surface area contributed by atoms with Crippen LogP contribution in [0.2, 0.25) is 0 Å². The second-order valence-electron chi connectivity index (χ2n) is 9.67. The molecule has 0 saturated heterocycles. The standard InChI is InChI=1S/C33H30N2O4S/c1-2-35(29-14-4-3-5-15-29)33(37)31(21-17-24-16-18-25-10-6-8-12-27(25)22-24)32(36)34-40(38,39)30-20-19-26-11-7-9-13-28(26)23-30/h3-16,18-20,22-23,31H,2,17,21H2,1H3,(H,34,36). The molecule has 1 atom stereocenters. The molecule has 0 saturated carbocycles. The van der Waals surface area contributed by atoms with Crippen LogP contribution in [-0.4, -0.2) is 26.8 Å². The van der Waals surface area contributed by atoms with Gasteiger partial charge in [-0.2, -0.15) is 0 Å². The predicted octanol–water partition coefficient (Wildman–Crippen LogP) is 6.10. The summed E-state index contributed by atoms with van der Waals surface area (Å²) < 4.78 is 28.8. The number of carbonyl (C=O) groups is 2. The average molecular weight is 551 g/mol. The van der Waals surface area contributed by atoms with Gasteiger partial charge in [-0.05, 0) is 71.1 Å². The molecule has 1 N–H and O–H groups in total. The molecule has 0 spiro atoms. The number of amides is 2. The van der Waals surface area contributed by atoms with Crippen LogP contribution in [0, 0.1) is 5.92 Å². The first-order chi connectivity index (χ1) is 19.4. The van der Waals surface area contributed by atoms with Crippen molar-refractivity contribution in [1.29, 1.82) is 0 Å². The zero-order valence-corrected chi connectivity index (χ0v) is 23.0. The first-order valence-electron chi connectivity index (χ1n) is 13.3. The van der Waals surface area contributed by atoms with Crippen molar-refractivity contribution in [3.8, 4) is 0 Å². The zero-order chi connectivity index (χ0) is 28.1. The quantitative estimate of drug-likeness (QED) is 0.225. The summed E-state index contributed by atoms with van der Waals surface area (Å²) in [4.78, 5) is 28.9. The molecule has 2 amide bonds. The summed E-state index contributed by atoms with van der Waals surface area (Å²) in [6.07, 6.45) is 0.580. The number of carbonyl (C=O) groups excluding carboxylic acids is 2. The Labute approximate surface area is 234 Å². The lowest BCUT2D eigenvalue weighted by Gasteiger charge is -2.26. The van der Waals surface area contributed by atoms with E-state index in [0.717, 1.165) is 27.1 Å². The second kappa shape index (κ2) is 11.7. The summed E-state index contributed by atoms with van der Waals surface area (Å²) in [5.41, 5.74) is 1.61. The number of para-hydroxylation sites is 1. The Morgan fingerprint density at radius 3 is 1.95 bits per heavy atom. The maximum absolute atomic E-state index is 13.8. The van der Waals surface area contributed by atoms with Crippen LogP contribution in [0.3, 0.4) is 0 Å². The van der Waals surface area contributed by atoms with E-state index < -0.39 is 27.8 Å². The first kappa shape index (κ1) is 27.1. The summed E-state index contributed by atoms with van der Waals surface area (Å²) in [5.74, 6) is -2.49. The van der Waals surface area contributed by atoms with Gasteiger partial charge in [0.05, 0.1) is 4.90 Å². The van der Waals surface area contributed by atoms with Crippen molar-refractivity contribution >= 4 is 49.1 Å². The third-order valence-corrected chi connectivity index (χ3v) is 8.41. The first-order valence-corrected chi connectivity index (χ1v) is 14.7. The smallest absolute Gasteiger partial charge is 0.264 e. The molecule has 0 aliphatic heterocycles. The molecular weight excluding hydrogens is 520 g/mol. The summed E-state index contributed by atoms with van der Waals surface area (Å²) in [7, 11) is -4.21. The van der Waals surface area contributed by atoms with E-state index in [4.69, 9.17) is 0 Å². The number of benzene rings is 5. The molecule has 202 valence electrons. The lowest BCUT2D eigenvalue weighted by Crippen LogP contribution is -2.45. The van der Waals surface area contributed by atoms with Gasteiger partial charge in [0.15, 0.2) is 0 Å². The Balaban J connectivity index is 1.43. The van der Waals surface area contributed by atoms with Crippen molar-refractivity contribution in [3.05, 3.63) is 121 Å². The molecule has 40 heavy (non-hydrogen) atoms. The van der Waals surface area contributed by atoms with Crippen LogP contribution in [0.15, 0.2) is 120 Å². The number of hydrogen-bond donors (Lipinski definition) is 1. The number of rotatable bonds is 9. The van der Waals surface area contributed by atoms with Crippen molar-refractivity contribution in [2.75, 3.05) is 11.4 Å². The highest BCUT2D eigenvalue weighted by Gasteiger charge is 2.33. The van der Waals surface area contributed by atoms with Crippen LogP contribution >= 0.6 is 0 Å². The van der Waals surface area contributed by atoms with Gasteiger partial charge in [0, 0.05) is 12.2 Å². The highest BCUT2D eigenvalue weighted by atomic mass is 32.2. The van der Waals surface area contributed by atoms with Gasteiger partial charge in [0.25, 0.3) is 10.0 Å². The topological polar surface area (TPSA) is 83.6 Å². The van der Waals surface area contributed by atoms with Gasteiger partial charge in [-0.15, -0.1) is 0 Å². The monoisotopic (exact) mass is 550 g/mol. The van der Waals surface area contributed by atoms with E-state index in [1.165, 1.54) is 17.0 Å². The van der Waals surface area contributed by atoms with Crippen LogP contribution in [0.25, 0.3) is 21.5 Å². The number of anilines is 1. The molecule has 0 radical (unpaired) electrons. The van der Waals surface area contributed by atoms with E-state index in [1.54, 1.807) is 18.2 Å². The molecule has 0 bridgehead atoms. The SMILES string of the molecule is CCN(C(=O)C(CCc1ccc2ccccc2c1)C(=O)NS(=O)(=O)c1ccc2ccccc2c1)c1ccccc1. The molecule has 0 aliphatic rings. The van der Waals surface area contributed by atoms with Gasteiger partial charge in [-0.1, -0.05) is 91.0 Å². The maximum Gasteiger partial charge on any atom is 0.264 e. The molecule has 6 nitrogen and oxygen atoms in total. The number of sulfonamides is 1. The maximum atomic E-state index is 13.8. The van der Waals surface area contributed by atoms with Crippen LogP contribution in [0.5, 0.6) is 0 Å². The Kier molecular flexibility index (Phi) is 7.94. The Bertz CT molecular complexity index is 1780. The fourth-order valence-electron chi connectivity index (χ4n) is 4.93. The Morgan fingerprint density at radius 2 is 1.30 bits per heavy atom. The second-order valence-corrected chi connectivity index (χ2v) is 11.4. The minimum atomic E-state index is -4.21. The molecule has 7 heteroatoms. The van der Waals surface area contributed by atoms with E-state index in [2.05, 4.69) is 4.72 Å². The third-order valence-electron chi connectivity index (χ3n) is 7.07. The Morgan fingerprint density at radius 1 is 0.725 bits per heavy atom. The van der Waals surface area contributed by atoms with Crippen LogP contribution in [-0.2, 0) is 26.0 Å². The minimum Gasteiger partial charge on any atom is -0.312 e. The van der Waals surface area contributed by atoms with Crippen molar-refractivity contribution < 1.29 is 18.0 Å². The fourth-order valence-corrected chi connectivity index (χ4v) is 5.99. The summed E-state index contributed by atoms with van der Waals surface area (Å²) >= 11 is 0. The number of aryl methyl sites for hydroxylation is 1. The molecule has 5 aromatic carbocycles. The van der Waals surface area contributed by atoms with Gasteiger partial charge in [-0.3, -0.25) is 9.59 Å². The molecule has 0 aliphatic carbocycles. The van der Waals surface area contributed by atoms with E-state index in [1.807, 2.05) is 91.9 Å². The minimum absolute atomic E-state index is 0.0318. The fraction of sp³-hybridized carbons (Fsp3) is 0.152. The van der Waals surface area contributed by atoms with Crippen molar-refractivity contribution in [2.45, 2.75) is 24.7 Å². The van der Waals surface area contributed by atoms with E-state index in [0.29, 0.717) is 18.7 Å². The van der Waals surface area contributed by atoms with E-state index >= 15 is 0 Å². The van der Waals surface area contributed by atoms with Gasteiger partial charge in [0.2, 0.25) is 11.8 Å². The number of fused-ring (bicyclic) bond motifs is 2. The Hall–Kier alpha value is -4.49. The number of hydrogen-bond acceptors (Lipinski definition) is 4. The lowest BCUT2D eigenvalue weighted by molar-refractivity contribution is -0.132. The van der Waals surface area contributed by atoms with Crippen LogP contribution < -0.4 is 9.62 Å². The van der Waals surface area contributed by atoms with Crippen molar-refractivity contribution in [3.63, 3.8) is 0 Å². The van der Waals surface area contributed by atoms with Crippen LogP contribution in [0.1, 0.15) is 18.9 Å². The van der Waals surface area contributed by atoms with E-state index in [-0.39, 0.29) is 11.3 Å². The molecule has 5 aromatic rings. The van der Waals surface area contributed by atoms with E-state index in [9.17, 15) is 18.0 Å². The summed E-state index contributed by atoms with van der Waals surface area (Å²) in [5, 5.41) is 3.78. The van der Waals surface area contributed by atoms with Gasteiger partial charge < -0.3 is 4.90 Å². The lowest BCUT2D eigenvalue weighted by atomic mass is 9.96. The number of nitrogens with one attached hydrogen (secondary N) is 1. The predicted molar refractivity (Wildman–Crippen MR) is 160 cm³/mol. The van der Waals surface area contributed by atoms with Crippen molar-refractivity contribution in [1.82, 2.24) is 4.72 Å². The third kappa shape index (κ3) is 5.90. The number of nitrogens with zero attached hydrogens (tertiary/aromatic N) is 1. The normalized spacial score (nSPS) is 12.2. The molecule has 1 unspecified atom stereocenters. The molecule has 0 heterocycles. The molecule has 5 rings (SSSR count). The van der Waals surface area contributed by atoms with Gasteiger partial charge in [0.1, 0.15) is 5.92 Å². The van der Waals surface area contributed by atoms with Crippen molar-refractivity contribution in [2.24, 2.45) is 5.92 Å². The largest absolute Gasteiger partial charge is 0.312 e. The van der Waals surface area contributed by atoms with Crippen LogP contribution in [0.4, 0.5) is 5.69 Å². The molecule has 0 fully saturated rings. The highest BCUT2D eigenvalue weighted by molar-refractivity contribution is 7.90. The summed E-state index contributed by atoms with van der Waals surface area (Å²) in [6, 6.07) is 35.1. The highest BCUT2D eigenvalue weighted by Crippen LogP contribution is 2.23. The van der Waals surface area contributed by atoms with Gasteiger partial charge in [-0.25, -0.2) is 13.1 Å². The molecular formula is C33H30N2O4S. The summed E-state index contributed by atoms with van der Waals surface area (Å²) in [6.45, 7) is 2.16.